The Bertz CT molecular complexity index is 994. The average Bonchev–Trinajstić information content (AvgIpc) is 3.08. The number of fused-ring (bicyclic) bond motifs is 1. The number of ether oxygens (including phenoxy) is 3. The summed E-state index contributed by atoms with van der Waals surface area (Å²) in [6.07, 6.45) is 2.02. The van der Waals surface area contributed by atoms with E-state index in [2.05, 4.69) is 4.90 Å². The molecule has 0 atom stereocenters. The number of carbonyl (C=O) groups excluding carboxylic acids is 1. The molecule has 1 saturated heterocycles. The van der Waals surface area contributed by atoms with E-state index in [-0.39, 0.29) is 23.3 Å². The van der Waals surface area contributed by atoms with Gasteiger partial charge in [0.05, 0.1) is 18.6 Å². The summed E-state index contributed by atoms with van der Waals surface area (Å²) in [6, 6.07) is 10.9. The van der Waals surface area contributed by atoms with Crippen molar-refractivity contribution in [1.29, 1.82) is 0 Å². The van der Waals surface area contributed by atoms with Crippen molar-refractivity contribution in [2.75, 3.05) is 40.1 Å². The predicted octanol–water partition coefficient (Wildman–Crippen LogP) is 3.14. The maximum Gasteiger partial charge on any atom is 0.270 e. The van der Waals surface area contributed by atoms with Crippen molar-refractivity contribution >= 4 is 11.6 Å². The number of hydrogen-bond donors (Lipinski definition) is 0. The van der Waals surface area contributed by atoms with Crippen molar-refractivity contribution in [3.63, 3.8) is 0 Å². The van der Waals surface area contributed by atoms with Gasteiger partial charge < -0.3 is 19.1 Å². The fraction of sp³-hybridized carbons (Fsp3) is 0.458. The first-order valence-corrected chi connectivity index (χ1v) is 11.2. The smallest absolute Gasteiger partial charge is 0.270 e. The monoisotopic (exact) mass is 455 g/mol. The maximum absolute atomic E-state index is 12.8. The molecule has 0 aliphatic carbocycles. The third-order valence-corrected chi connectivity index (χ3v) is 6.10. The van der Waals surface area contributed by atoms with Crippen molar-refractivity contribution in [1.82, 2.24) is 9.80 Å². The van der Waals surface area contributed by atoms with E-state index in [1.54, 1.807) is 13.2 Å². The highest BCUT2D eigenvalue weighted by atomic mass is 16.7. The molecule has 9 nitrogen and oxygen atoms in total. The quantitative estimate of drug-likeness (QED) is 0.468. The fourth-order valence-corrected chi connectivity index (χ4v) is 4.32. The van der Waals surface area contributed by atoms with Gasteiger partial charge in [0.25, 0.3) is 5.69 Å². The number of nitro benzene ring substituents is 1. The van der Waals surface area contributed by atoms with Gasteiger partial charge in [0.1, 0.15) is 11.5 Å². The van der Waals surface area contributed by atoms with Crippen LogP contribution in [0.4, 0.5) is 5.69 Å². The van der Waals surface area contributed by atoms with Gasteiger partial charge in [-0.2, -0.15) is 0 Å². The van der Waals surface area contributed by atoms with Gasteiger partial charge in [-0.05, 0) is 30.5 Å². The molecule has 0 saturated carbocycles. The normalized spacial score (nSPS) is 16.5. The van der Waals surface area contributed by atoms with E-state index < -0.39 is 0 Å². The van der Waals surface area contributed by atoms with E-state index in [4.69, 9.17) is 14.2 Å². The number of rotatable bonds is 7. The first-order valence-electron chi connectivity index (χ1n) is 11.2. The number of nitro groups is 1. The number of aryl methyl sites for hydroxylation is 1. The zero-order chi connectivity index (χ0) is 23.2. The molecule has 2 aliphatic heterocycles. The molecule has 9 heteroatoms. The topological polar surface area (TPSA) is 94.4 Å². The van der Waals surface area contributed by atoms with Crippen LogP contribution in [0.5, 0.6) is 11.5 Å². The summed E-state index contributed by atoms with van der Waals surface area (Å²) in [5, 5.41) is 11.4. The number of carbonyl (C=O) groups is 1. The SMILES string of the molecule is COc1ccc(CCC(=O)N2CCCN(Cc3cc([N+](=O)[O-])cc4c3OCOC4)CC2)cc1. The van der Waals surface area contributed by atoms with Crippen LogP contribution in [0.1, 0.15) is 29.5 Å². The van der Waals surface area contributed by atoms with Crippen LogP contribution in [0.15, 0.2) is 36.4 Å². The summed E-state index contributed by atoms with van der Waals surface area (Å²) in [5.41, 5.74) is 2.65. The van der Waals surface area contributed by atoms with Crippen molar-refractivity contribution < 1.29 is 23.9 Å². The van der Waals surface area contributed by atoms with E-state index in [1.807, 2.05) is 29.2 Å². The summed E-state index contributed by atoms with van der Waals surface area (Å²) < 4.78 is 16.1. The third-order valence-electron chi connectivity index (χ3n) is 6.10. The minimum absolute atomic E-state index is 0.0445. The molecule has 2 aromatic carbocycles. The van der Waals surface area contributed by atoms with Crippen LogP contribution in [0, 0.1) is 10.1 Å². The molecule has 2 aromatic rings. The van der Waals surface area contributed by atoms with Gasteiger partial charge >= 0.3 is 0 Å². The van der Waals surface area contributed by atoms with Crippen LogP contribution < -0.4 is 9.47 Å². The van der Waals surface area contributed by atoms with Crippen molar-refractivity contribution in [2.24, 2.45) is 0 Å². The molecule has 0 radical (unpaired) electrons. The summed E-state index contributed by atoms with van der Waals surface area (Å²) in [6.45, 7) is 3.88. The zero-order valence-electron chi connectivity index (χ0n) is 18.8. The number of nitrogens with zero attached hydrogens (tertiary/aromatic N) is 3. The summed E-state index contributed by atoms with van der Waals surface area (Å²) in [4.78, 5) is 27.9. The molecule has 2 aliphatic rings. The van der Waals surface area contributed by atoms with Crippen LogP contribution in [0.3, 0.4) is 0 Å². The number of benzene rings is 2. The lowest BCUT2D eigenvalue weighted by molar-refractivity contribution is -0.385. The largest absolute Gasteiger partial charge is 0.497 e. The molecule has 1 amide bonds. The van der Waals surface area contributed by atoms with Crippen LogP contribution in [-0.2, 0) is 29.1 Å². The lowest BCUT2D eigenvalue weighted by Crippen LogP contribution is -2.35. The molecule has 0 N–H and O–H groups in total. The van der Waals surface area contributed by atoms with Gasteiger partial charge in [-0.1, -0.05) is 12.1 Å². The number of amides is 1. The lowest BCUT2D eigenvalue weighted by Gasteiger charge is -2.25. The molecule has 1 fully saturated rings. The second kappa shape index (κ2) is 10.6. The predicted molar refractivity (Wildman–Crippen MR) is 121 cm³/mol. The molecule has 33 heavy (non-hydrogen) atoms. The molecule has 176 valence electrons. The average molecular weight is 456 g/mol. The first-order chi connectivity index (χ1) is 16.0. The Morgan fingerprint density at radius 2 is 1.97 bits per heavy atom. The van der Waals surface area contributed by atoms with Crippen molar-refractivity contribution in [3.8, 4) is 11.5 Å². The lowest BCUT2D eigenvalue weighted by atomic mass is 10.1. The van der Waals surface area contributed by atoms with E-state index in [1.165, 1.54) is 6.07 Å². The minimum Gasteiger partial charge on any atom is -0.497 e. The number of hydrogen-bond acceptors (Lipinski definition) is 7. The van der Waals surface area contributed by atoms with E-state index in [0.717, 1.165) is 36.4 Å². The highest BCUT2D eigenvalue weighted by Gasteiger charge is 2.24. The minimum atomic E-state index is -0.385. The first kappa shape index (κ1) is 23.0. The molecule has 0 spiro atoms. The van der Waals surface area contributed by atoms with Crippen LogP contribution >= 0.6 is 0 Å². The Kier molecular flexibility index (Phi) is 7.41. The molecule has 0 unspecified atom stereocenters. The van der Waals surface area contributed by atoms with E-state index >= 15 is 0 Å². The fourth-order valence-electron chi connectivity index (χ4n) is 4.32. The molecular weight excluding hydrogens is 426 g/mol. The van der Waals surface area contributed by atoms with E-state index in [0.29, 0.717) is 50.4 Å². The Labute approximate surface area is 193 Å². The third kappa shape index (κ3) is 5.80. The molecule has 4 rings (SSSR count). The highest BCUT2D eigenvalue weighted by molar-refractivity contribution is 5.76. The Morgan fingerprint density at radius 3 is 2.73 bits per heavy atom. The number of non-ortho nitro benzene ring substituents is 1. The second-order valence-electron chi connectivity index (χ2n) is 8.32. The van der Waals surface area contributed by atoms with Gasteiger partial charge in [-0.15, -0.1) is 0 Å². The van der Waals surface area contributed by atoms with Crippen LogP contribution in [0.2, 0.25) is 0 Å². The second-order valence-corrected chi connectivity index (χ2v) is 8.32. The molecular formula is C24H29N3O6. The van der Waals surface area contributed by atoms with Crippen molar-refractivity contribution in [3.05, 3.63) is 63.2 Å². The standard InChI is InChI=1S/C24H29N3O6/c1-31-22-6-3-18(4-7-22)5-8-23(28)26-10-2-9-25(11-12-26)15-19-13-21(27(29)30)14-20-16-32-17-33-24(19)20/h3-4,6-7,13-14H,2,5,8-12,15-17H2,1H3. The van der Waals surface area contributed by atoms with Crippen LogP contribution in [0.25, 0.3) is 0 Å². The van der Waals surface area contributed by atoms with E-state index in [9.17, 15) is 14.9 Å². The van der Waals surface area contributed by atoms with Gasteiger partial charge in [-0.3, -0.25) is 19.8 Å². The van der Waals surface area contributed by atoms with Gasteiger partial charge in [-0.25, -0.2) is 0 Å². The maximum atomic E-state index is 12.8. The summed E-state index contributed by atoms with van der Waals surface area (Å²) in [7, 11) is 1.64. The molecule has 0 aromatic heterocycles. The Hall–Kier alpha value is -3.17. The molecule has 0 bridgehead atoms. The summed E-state index contributed by atoms with van der Waals surface area (Å²) in [5.74, 6) is 1.64. The highest BCUT2D eigenvalue weighted by Crippen LogP contribution is 2.33. The Morgan fingerprint density at radius 1 is 1.15 bits per heavy atom. The van der Waals surface area contributed by atoms with Gasteiger partial charge in [0, 0.05) is 62.4 Å². The summed E-state index contributed by atoms with van der Waals surface area (Å²) >= 11 is 0. The van der Waals surface area contributed by atoms with Crippen molar-refractivity contribution in [2.45, 2.75) is 32.4 Å². The zero-order valence-corrected chi connectivity index (χ0v) is 18.8. The van der Waals surface area contributed by atoms with Gasteiger partial charge in [0.2, 0.25) is 5.91 Å². The van der Waals surface area contributed by atoms with Gasteiger partial charge in [0.15, 0.2) is 6.79 Å². The van der Waals surface area contributed by atoms with Crippen LogP contribution in [-0.4, -0.2) is 60.7 Å². The number of methoxy groups -OCH3 is 1. The Balaban J connectivity index is 1.35. The molecule has 2 heterocycles.